The lowest BCUT2D eigenvalue weighted by Crippen LogP contribution is -2.24. The van der Waals surface area contributed by atoms with Crippen LogP contribution in [0.3, 0.4) is 0 Å². The Bertz CT molecular complexity index is 1220. The molecule has 3 aromatic rings. The van der Waals surface area contributed by atoms with Gasteiger partial charge in [0.2, 0.25) is 0 Å². The van der Waals surface area contributed by atoms with Gasteiger partial charge in [-0.15, -0.1) is 0 Å². The van der Waals surface area contributed by atoms with Crippen LogP contribution in [-0.2, 0) is 4.79 Å². The third-order valence-corrected chi connectivity index (χ3v) is 5.35. The van der Waals surface area contributed by atoms with Gasteiger partial charge in [0.05, 0.1) is 25.0 Å². The van der Waals surface area contributed by atoms with Gasteiger partial charge in [-0.2, -0.15) is 5.10 Å². The molecule has 8 heteroatoms. The Morgan fingerprint density at radius 1 is 0.868 bits per heavy atom. The summed E-state index contributed by atoms with van der Waals surface area (Å²) in [5.74, 6) is 1.49. The maximum Gasteiger partial charge on any atom is 0.343 e. The topological polar surface area (TPSA) is 95.5 Å². The van der Waals surface area contributed by atoms with E-state index in [1.54, 1.807) is 42.5 Å². The number of carbonyl (C=O) groups excluding carboxylic acids is 2. The summed E-state index contributed by atoms with van der Waals surface area (Å²) in [5, 5.41) is 3.98. The van der Waals surface area contributed by atoms with Crippen molar-refractivity contribution in [3.05, 3.63) is 83.4 Å². The lowest BCUT2D eigenvalue weighted by Gasteiger charge is -2.12. The van der Waals surface area contributed by atoms with Gasteiger partial charge in [-0.3, -0.25) is 4.79 Å². The molecule has 0 aromatic heterocycles. The minimum atomic E-state index is -0.513. The van der Waals surface area contributed by atoms with Crippen molar-refractivity contribution in [1.29, 1.82) is 0 Å². The summed E-state index contributed by atoms with van der Waals surface area (Å²) in [6, 6.07) is 19.4. The molecule has 38 heavy (non-hydrogen) atoms. The smallest absolute Gasteiger partial charge is 0.343 e. The zero-order valence-corrected chi connectivity index (χ0v) is 22.2. The Hall–Kier alpha value is -4.33. The number of benzene rings is 3. The summed E-state index contributed by atoms with van der Waals surface area (Å²) >= 11 is 0. The highest BCUT2D eigenvalue weighted by Crippen LogP contribution is 2.29. The van der Waals surface area contributed by atoms with Crippen molar-refractivity contribution in [3.63, 3.8) is 0 Å². The number of nitrogens with zero attached hydrogens (tertiary/aromatic N) is 1. The molecule has 0 atom stereocenters. The van der Waals surface area contributed by atoms with Gasteiger partial charge in [-0.25, -0.2) is 10.2 Å². The first-order valence-electron chi connectivity index (χ1n) is 12.7. The number of esters is 1. The third-order valence-electron chi connectivity index (χ3n) is 5.35. The quantitative estimate of drug-likeness (QED) is 0.134. The monoisotopic (exact) mass is 518 g/mol. The molecule has 200 valence electrons. The van der Waals surface area contributed by atoms with E-state index in [2.05, 4.69) is 24.4 Å². The molecule has 1 N–H and O–H groups in total. The van der Waals surface area contributed by atoms with E-state index in [1.807, 2.05) is 38.1 Å². The molecule has 0 saturated heterocycles. The molecule has 0 bridgehead atoms. The summed E-state index contributed by atoms with van der Waals surface area (Å²) < 4.78 is 22.3. The Labute approximate surface area is 223 Å². The SMILES string of the molecule is CCCOc1ccc(C(=O)Oc2ccc(C=NNC(=O)COc3ccc(C(C)C)cc3)cc2OCC)cc1. The normalized spacial score (nSPS) is 10.9. The largest absolute Gasteiger partial charge is 0.494 e. The third kappa shape index (κ3) is 8.65. The number of hydrogen-bond donors (Lipinski definition) is 1. The molecular weight excluding hydrogens is 484 g/mol. The number of hydrazone groups is 1. The fourth-order valence-electron chi connectivity index (χ4n) is 3.33. The minimum Gasteiger partial charge on any atom is -0.494 e. The standard InChI is InChI=1S/C30H34N2O6/c1-5-17-36-25-14-10-24(11-15-25)30(34)38-27-16-7-22(18-28(27)35-6-2)19-31-32-29(33)20-37-26-12-8-23(9-13-26)21(3)4/h7-16,18-19,21H,5-6,17,20H2,1-4H3,(H,32,33). The van der Waals surface area contributed by atoms with Gasteiger partial charge in [-0.05, 0) is 85.0 Å². The van der Waals surface area contributed by atoms with Gasteiger partial charge in [0.15, 0.2) is 18.1 Å². The van der Waals surface area contributed by atoms with E-state index in [-0.39, 0.29) is 12.4 Å². The number of rotatable bonds is 13. The number of ether oxygens (including phenoxy) is 4. The van der Waals surface area contributed by atoms with E-state index >= 15 is 0 Å². The lowest BCUT2D eigenvalue weighted by atomic mass is 10.0. The van der Waals surface area contributed by atoms with Gasteiger partial charge in [0.25, 0.3) is 5.91 Å². The fourth-order valence-corrected chi connectivity index (χ4v) is 3.33. The van der Waals surface area contributed by atoms with E-state index in [0.717, 1.165) is 6.42 Å². The molecule has 0 heterocycles. The van der Waals surface area contributed by atoms with Crippen molar-refractivity contribution >= 4 is 18.1 Å². The first kappa shape index (κ1) is 28.2. The molecule has 0 radical (unpaired) electrons. The van der Waals surface area contributed by atoms with Gasteiger partial charge in [0, 0.05) is 0 Å². The minimum absolute atomic E-state index is 0.164. The van der Waals surface area contributed by atoms with Gasteiger partial charge >= 0.3 is 5.97 Å². The number of amides is 1. The highest BCUT2D eigenvalue weighted by atomic mass is 16.6. The second-order valence-electron chi connectivity index (χ2n) is 8.71. The molecule has 0 spiro atoms. The number of nitrogens with one attached hydrogen (secondary N) is 1. The van der Waals surface area contributed by atoms with Crippen LogP contribution in [0.2, 0.25) is 0 Å². The van der Waals surface area contributed by atoms with Crippen LogP contribution < -0.4 is 24.4 Å². The highest BCUT2D eigenvalue weighted by Gasteiger charge is 2.14. The van der Waals surface area contributed by atoms with Crippen LogP contribution in [0.25, 0.3) is 0 Å². The van der Waals surface area contributed by atoms with Crippen LogP contribution in [0.4, 0.5) is 0 Å². The maximum atomic E-state index is 12.6. The predicted octanol–water partition coefficient (Wildman–Crippen LogP) is 5.75. The average molecular weight is 519 g/mol. The highest BCUT2D eigenvalue weighted by molar-refractivity contribution is 5.92. The van der Waals surface area contributed by atoms with E-state index in [0.29, 0.717) is 47.5 Å². The van der Waals surface area contributed by atoms with Gasteiger partial charge < -0.3 is 18.9 Å². The van der Waals surface area contributed by atoms with Gasteiger partial charge in [0.1, 0.15) is 11.5 Å². The van der Waals surface area contributed by atoms with E-state index in [1.165, 1.54) is 11.8 Å². The first-order chi connectivity index (χ1) is 18.4. The Balaban J connectivity index is 1.55. The zero-order valence-electron chi connectivity index (χ0n) is 22.2. The van der Waals surface area contributed by atoms with Crippen LogP contribution in [-0.4, -0.2) is 37.9 Å². The molecule has 1 amide bonds. The second-order valence-corrected chi connectivity index (χ2v) is 8.71. The van der Waals surface area contributed by atoms with Crippen molar-refractivity contribution in [2.75, 3.05) is 19.8 Å². The van der Waals surface area contributed by atoms with Crippen LogP contribution >= 0.6 is 0 Å². The van der Waals surface area contributed by atoms with E-state index in [4.69, 9.17) is 18.9 Å². The van der Waals surface area contributed by atoms with Crippen LogP contribution in [0.15, 0.2) is 71.8 Å². The van der Waals surface area contributed by atoms with Crippen molar-refractivity contribution in [2.24, 2.45) is 5.10 Å². The molecule has 8 nitrogen and oxygen atoms in total. The van der Waals surface area contributed by atoms with Crippen molar-refractivity contribution in [2.45, 2.75) is 40.0 Å². The molecule has 3 rings (SSSR count). The van der Waals surface area contributed by atoms with Crippen LogP contribution in [0.1, 0.15) is 61.5 Å². The average Bonchev–Trinajstić information content (AvgIpc) is 2.92. The number of carbonyl (C=O) groups is 2. The Morgan fingerprint density at radius 2 is 1.55 bits per heavy atom. The van der Waals surface area contributed by atoms with Crippen molar-refractivity contribution < 1.29 is 28.5 Å². The summed E-state index contributed by atoms with van der Waals surface area (Å²) in [6.45, 7) is 8.91. The molecule has 0 fully saturated rings. The lowest BCUT2D eigenvalue weighted by molar-refractivity contribution is -0.123. The van der Waals surface area contributed by atoms with E-state index in [9.17, 15) is 9.59 Å². The second kappa shape index (κ2) is 14.4. The molecule has 3 aromatic carbocycles. The fraction of sp³-hybridized carbons (Fsp3) is 0.300. The maximum absolute atomic E-state index is 12.6. The molecule has 0 unspecified atom stereocenters. The first-order valence-corrected chi connectivity index (χ1v) is 12.7. The summed E-state index contributed by atoms with van der Waals surface area (Å²) in [5.41, 5.74) is 4.68. The summed E-state index contributed by atoms with van der Waals surface area (Å²) in [7, 11) is 0. The molecule has 0 aliphatic carbocycles. The van der Waals surface area contributed by atoms with Crippen LogP contribution in [0.5, 0.6) is 23.0 Å². The molecule has 0 saturated carbocycles. The van der Waals surface area contributed by atoms with Crippen molar-refractivity contribution in [1.82, 2.24) is 5.43 Å². The molecular formula is C30H34N2O6. The zero-order chi connectivity index (χ0) is 27.3. The molecule has 0 aliphatic heterocycles. The molecule has 0 aliphatic rings. The van der Waals surface area contributed by atoms with Gasteiger partial charge in [-0.1, -0.05) is 32.9 Å². The van der Waals surface area contributed by atoms with Crippen molar-refractivity contribution in [3.8, 4) is 23.0 Å². The Morgan fingerprint density at radius 3 is 2.21 bits per heavy atom. The number of hydrogen-bond acceptors (Lipinski definition) is 7. The summed E-state index contributed by atoms with van der Waals surface area (Å²) in [4.78, 5) is 24.7. The summed E-state index contributed by atoms with van der Waals surface area (Å²) in [6.07, 6.45) is 2.37. The van der Waals surface area contributed by atoms with Crippen LogP contribution in [0, 0.1) is 0 Å². The predicted molar refractivity (Wildman–Crippen MR) is 147 cm³/mol. The van der Waals surface area contributed by atoms with E-state index < -0.39 is 11.9 Å². The Kier molecular flexibility index (Phi) is 10.7.